The number of morpholine rings is 1. The first-order valence-corrected chi connectivity index (χ1v) is 7.76. The molecule has 1 aromatic rings. The topological polar surface area (TPSA) is 35.9 Å². The second-order valence-corrected chi connectivity index (χ2v) is 6.50. The summed E-state index contributed by atoms with van der Waals surface area (Å²) in [4.78, 5) is 4.42. The Morgan fingerprint density at radius 2 is 2.10 bits per heavy atom. The molecule has 1 heterocycles. The summed E-state index contributed by atoms with van der Waals surface area (Å²) >= 11 is 3.41. The zero-order chi connectivity index (χ0) is 14.5. The normalized spacial score (nSPS) is 22.1. The van der Waals surface area contributed by atoms with Crippen molar-refractivity contribution in [3.05, 3.63) is 34.3 Å². The van der Waals surface area contributed by atoms with Gasteiger partial charge in [0.2, 0.25) is 0 Å². The van der Waals surface area contributed by atoms with Gasteiger partial charge in [0.25, 0.3) is 0 Å². The summed E-state index contributed by atoms with van der Waals surface area (Å²) in [5.41, 5.74) is 0.962. The molecule has 0 spiro atoms. The fraction of sp³-hybridized carbons (Fsp3) is 0.600. The minimum atomic E-state index is -0.443. The fourth-order valence-electron chi connectivity index (χ4n) is 2.50. The minimum absolute atomic E-state index is 0.232. The Kier molecular flexibility index (Phi) is 5.99. The molecule has 2 rings (SSSR count). The van der Waals surface area contributed by atoms with E-state index in [1.54, 1.807) is 0 Å². The third-order valence-corrected chi connectivity index (χ3v) is 4.01. The molecule has 1 aromatic carbocycles. The van der Waals surface area contributed by atoms with Gasteiger partial charge in [-0.3, -0.25) is 4.90 Å². The van der Waals surface area contributed by atoms with Crippen molar-refractivity contribution in [2.45, 2.75) is 12.2 Å². The number of β-amino-alcohol motifs (C(OH)–C–C–N with tert-alkyl or cyclic N) is 1. The monoisotopic (exact) mass is 342 g/mol. The van der Waals surface area contributed by atoms with E-state index < -0.39 is 6.10 Å². The van der Waals surface area contributed by atoms with Gasteiger partial charge in [0.1, 0.15) is 0 Å². The van der Waals surface area contributed by atoms with Crippen LogP contribution in [0.25, 0.3) is 0 Å². The van der Waals surface area contributed by atoms with Crippen molar-refractivity contribution >= 4 is 15.9 Å². The second kappa shape index (κ2) is 7.52. The van der Waals surface area contributed by atoms with Gasteiger partial charge < -0.3 is 14.7 Å². The molecule has 1 saturated heterocycles. The van der Waals surface area contributed by atoms with Crippen molar-refractivity contribution in [3.63, 3.8) is 0 Å². The van der Waals surface area contributed by atoms with E-state index in [0.29, 0.717) is 6.54 Å². The lowest BCUT2D eigenvalue weighted by Gasteiger charge is -2.35. The number of hydrogen-bond acceptors (Lipinski definition) is 4. The number of nitrogens with zero attached hydrogens (tertiary/aromatic N) is 2. The van der Waals surface area contributed by atoms with Crippen molar-refractivity contribution < 1.29 is 9.84 Å². The molecule has 0 aromatic heterocycles. The first-order valence-electron chi connectivity index (χ1n) is 6.97. The quantitative estimate of drug-likeness (QED) is 0.884. The van der Waals surface area contributed by atoms with Crippen molar-refractivity contribution in [1.29, 1.82) is 0 Å². The van der Waals surface area contributed by atoms with E-state index in [1.165, 1.54) is 0 Å². The summed E-state index contributed by atoms with van der Waals surface area (Å²) in [6.45, 7) is 4.09. The first kappa shape index (κ1) is 15.9. The molecule has 0 aliphatic carbocycles. The van der Waals surface area contributed by atoms with E-state index in [-0.39, 0.29) is 6.10 Å². The highest BCUT2D eigenvalue weighted by molar-refractivity contribution is 9.10. The fourth-order valence-corrected chi connectivity index (χ4v) is 2.76. The summed E-state index contributed by atoms with van der Waals surface area (Å²) in [6, 6.07) is 7.86. The number of aliphatic hydroxyl groups excluding tert-OH is 1. The predicted octanol–water partition coefficient (Wildman–Crippen LogP) is 1.74. The van der Waals surface area contributed by atoms with E-state index in [0.717, 1.165) is 36.3 Å². The van der Waals surface area contributed by atoms with E-state index in [2.05, 4.69) is 39.8 Å². The Labute approximate surface area is 129 Å². The highest BCUT2D eigenvalue weighted by Crippen LogP contribution is 2.19. The van der Waals surface area contributed by atoms with E-state index in [4.69, 9.17) is 4.74 Å². The zero-order valence-electron chi connectivity index (χ0n) is 12.1. The van der Waals surface area contributed by atoms with Crippen LogP contribution >= 0.6 is 15.9 Å². The number of hydrogen-bond donors (Lipinski definition) is 1. The number of benzene rings is 1. The molecule has 0 radical (unpaired) electrons. The average Bonchev–Trinajstić information content (AvgIpc) is 2.39. The molecular formula is C15H23BrN2O2. The van der Waals surface area contributed by atoms with Gasteiger partial charge in [-0.2, -0.15) is 0 Å². The van der Waals surface area contributed by atoms with Crippen LogP contribution in [-0.4, -0.2) is 67.9 Å². The largest absolute Gasteiger partial charge is 0.387 e. The zero-order valence-corrected chi connectivity index (χ0v) is 13.7. The summed E-state index contributed by atoms with van der Waals surface area (Å²) in [7, 11) is 4.11. The smallest absolute Gasteiger partial charge is 0.0916 e. The molecule has 2 atom stereocenters. The summed E-state index contributed by atoms with van der Waals surface area (Å²) in [5, 5.41) is 10.3. The highest BCUT2D eigenvalue weighted by Gasteiger charge is 2.23. The van der Waals surface area contributed by atoms with Crippen molar-refractivity contribution in [2.75, 3.05) is 46.9 Å². The lowest BCUT2D eigenvalue weighted by atomic mass is 10.1. The first-order chi connectivity index (χ1) is 9.54. The Morgan fingerprint density at radius 3 is 2.75 bits per heavy atom. The van der Waals surface area contributed by atoms with Crippen LogP contribution in [0.1, 0.15) is 11.7 Å². The average molecular weight is 343 g/mol. The molecule has 0 amide bonds. The molecule has 20 heavy (non-hydrogen) atoms. The Morgan fingerprint density at radius 1 is 1.40 bits per heavy atom. The molecule has 0 unspecified atom stereocenters. The van der Waals surface area contributed by atoms with Crippen LogP contribution in [0.2, 0.25) is 0 Å². The van der Waals surface area contributed by atoms with Gasteiger partial charge in [-0.25, -0.2) is 0 Å². The lowest BCUT2D eigenvalue weighted by Crippen LogP contribution is -2.47. The van der Waals surface area contributed by atoms with Crippen molar-refractivity contribution in [3.8, 4) is 0 Å². The van der Waals surface area contributed by atoms with Gasteiger partial charge in [0, 0.05) is 30.7 Å². The van der Waals surface area contributed by atoms with Crippen molar-refractivity contribution in [1.82, 2.24) is 9.80 Å². The van der Waals surface area contributed by atoms with Gasteiger partial charge in [0.05, 0.1) is 18.8 Å². The molecule has 5 heteroatoms. The van der Waals surface area contributed by atoms with E-state index in [1.807, 2.05) is 24.3 Å². The maximum Gasteiger partial charge on any atom is 0.0916 e. The van der Waals surface area contributed by atoms with Gasteiger partial charge in [-0.15, -0.1) is 0 Å². The van der Waals surface area contributed by atoms with Crippen LogP contribution in [0.15, 0.2) is 28.7 Å². The number of ether oxygens (including phenoxy) is 1. The molecule has 1 aliphatic rings. The molecule has 1 fully saturated rings. The number of likely N-dealkylation sites (N-methyl/N-ethyl adjacent to an activating group) is 1. The highest BCUT2D eigenvalue weighted by atomic mass is 79.9. The van der Waals surface area contributed by atoms with Crippen LogP contribution in [0.4, 0.5) is 0 Å². The number of halogens is 1. The van der Waals surface area contributed by atoms with Gasteiger partial charge >= 0.3 is 0 Å². The van der Waals surface area contributed by atoms with Gasteiger partial charge in [-0.05, 0) is 31.8 Å². The second-order valence-electron chi connectivity index (χ2n) is 5.58. The van der Waals surface area contributed by atoms with Crippen molar-refractivity contribution in [2.24, 2.45) is 0 Å². The van der Waals surface area contributed by atoms with Crippen LogP contribution in [0.5, 0.6) is 0 Å². The molecule has 0 saturated carbocycles. The lowest BCUT2D eigenvalue weighted by molar-refractivity contribution is -0.0489. The van der Waals surface area contributed by atoms with Gasteiger partial charge in [0.15, 0.2) is 0 Å². The maximum absolute atomic E-state index is 10.3. The van der Waals surface area contributed by atoms with Crippen LogP contribution in [0.3, 0.4) is 0 Å². The Bertz CT molecular complexity index is 411. The maximum atomic E-state index is 10.3. The van der Waals surface area contributed by atoms with Crippen LogP contribution in [-0.2, 0) is 4.74 Å². The minimum Gasteiger partial charge on any atom is -0.387 e. The standard InChI is InChI=1S/C15H23BrN2O2/c1-17(2)9-14-10-18(7-8-20-14)11-15(19)12-3-5-13(16)6-4-12/h3-6,14-15,19H,7-11H2,1-2H3/t14-,15+/m0/s1. The SMILES string of the molecule is CN(C)C[C@H]1CN(C[C@@H](O)c2ccc(Br)cc2)CCO1. The predicted molar refractivity (Wildman–Crippen MR) is 83.8 cm³/mol. The van der Waals surface area contributed by atoms with E-state index in [9.17, 15) is 5.11 Å². The van der Waals surface area contributed by atoms with Crippen LogP contribution in [0, 0.1) is 0 Å². The molecule has 112 valence electrons. The molecule has 0 bridgehead atoms. The number of rotatable bonds is 5. The van der Waals surface area contributed by atoms with Crippen LogP contribution < -0.4 is 0 Å². The molecule has 4 nitrogen and oxygen atoms in total. The Hall–Kier alpha value is -0.460. The summed E-state index contributed by atoms with van der Waals surface area (Å²) < 4.78 is 6.78. The summed E-state index contributed by atoms with van der Waals surface area (Å²) in [6.07, 6.45) is -0.211. The third kappa shape index (κ3) is 4.82. The van der Waals surface area contributed by atoms with E-state index >= 15 is 0 Å². The third-order valence-electron chi connectivity index (χ3n) is 3.48. The molecular weight excluding hydrogens is 320 g/mol. The number of aliphatic hydroxyl groups is 1. The Balaban J connectivity index is 1.87. The summed E-state index contributed by atoms with van der Waals surface area (Å²) in [5.74, 6) is 0. The molecule has 1 N–H and O–H groups in total. The molecule has 1 aliphatic heterocycles. The van der Waals surface area contributed by atoms with Gasteiger partial charge in [-0.1, -0.05) is 28.1 Å².